The highest BCUT2D eigenvalue weighted by molar-refractivity contribution is 5.81. The molecule has 0 aromatic heterocycles. The third-order valence-corrected chi connectivity index (χ3v) is 3.33. The summed E-state index contributed by atoms with van der Waals surface area (Å²) in [5.41, 5.74) is 2.77. The molecule has 0 fully saturated rings. The summed E-state index contributed by atoms with van der Waals surface area (Å²) in [7, 11) is 1.69. The number of benzene rings is 1. The number of amides is 1. The number of nitrogens with one attached hydrogen (secondary N) is 1. The maximum Gasteiger partial charge on any atom is 0.236 e. The Bertz CT molecular complexity index is 389. The Balaban J connectivity index is 2.10. The van der Waals surface area contributed by atoms with Crippen LogP contribution in [-0.2, 0) is 17.8 Å². The number of fused-ring (bicyclic) bond motifs is 1. The number of likely N-dealkylation sites (N-methyl/N-ethyl adjacent to an activating group) is 1. The Morgan fingerprint density at radius 2 is 2.06 bits per heavy atom. The maximum atomic E-state index is 11.6. The van der Waals surface area contributed by atoms with Crippen molar-refractivity contribution in [1.29, 1.82) is 0 Å². The van der Waals surface area contributed by atoms with Crippen LogP contribution in [0.1, 0.15) is 18.1 Å². The monoisotopic (exact) mass is 218 g/mol. The Kier molecular flexibility index (Phi) is 3.25. The maximum absolute atomic E-state index is 11.6. The van der Waals surface area contributed by atoms with Gasteiger partial charge in [-0.05, 0) is 24.5 Å². The van der Waals surface area contributed by atoms with Crippen molar-refractivity contribution in [3.05, 3.63) is 35.4 Å². The lowest BCUT2D eigenvalue weighted by Gasteiger charge is -2.32. The van der Waals surface area contributed by atoms with Gasteiger partial charge in [0.15, 0.2) is 0 Å². The van der Waals surface area contributed by atoms with Gasteiger partial charge < -0.3 is 5.32 Å². The second-order valence-corrected chi connectivity index (χ2v) is 4.28. The summed E-state index contributed by atoms with van der Waals surface area (Å²) in [6.45, 7) is 3.81. The van der Waals surface area contributed by atoms with Gasteiger partial charge in [-0.25, -0.2) is 0 Å². The second-order valence-electron chi connectivity index (χ2n) is 4.28. The SMILES string of the molecule is CNC(=O)C(C)N1CCc2ccccc2C1. The summed E-state index contributed by atoms with van der Waals surface area (Å²) in [6.07, 6.45) is 1.04. The van der Waals surface area contributed by atoms with Crippen molar-refractivity contribution in [3.63, 3.8) is 0 Å². The quantitative estimate of drug-likeness (QED) is 0.808. The van der Waals surface area contributed by atoms with Gasteiger partial charge >= 0.3 is 0 Å². The molecule has 0 bridgehead atoms. The van der Waals surface area contributed by atoms with Crippen LogP contribution in [0.5, 0.6) is 0 Å². The molecule has 1 atom stereocenters. The van der Waals surface area contributed by atoms with Crippen LogP contribution in [0.25, 0.3) is 0 Å². The smallest absolute Gasteiger partial charge is 0.236 e. The molecule has 1 aliphatic rings. The fourth-order valence-electron chi connectivity index (χ4n) is 2.22. The highest BCUT2D eigenvalue weighted by Crippen LogP contribution is 2.20. The fraction of sp³-hybridized carbons (Fsp3) is 0.462. The first kappa shape index (κ1) is 11.1. The van der Waals surface area contributed by atoms with E-state index in [0.717, 1.165) is 19.5 Å². The number of carbonyl (C=O) groups excluding carboxylic acids is 1. The van der Waals surface area contributed by atoms with Crippen LogP contribution in [0.2, 0.25) is 0 Å². The third-order valence-electron chi connectivity index (χ3n) is 3.33. The lowest BCUT2D eigenvalue weighted by Crippen LogP contribution is -2.46. The number of rotatable bonds is 2. The van der Waals surface area contributed by atoms with E-state index >= 15 is 0 Å². The predicted molar refractivity (Wildman–Crippen MR) is 64.1 cm³/mol. The number of hydrogen-bond donors (Lipinski definition) is 1. The zero-order valence-corrected chi connectivity index (χ0v) is 9.86. The van der Waals surface area contributed by atoms with E-state index in [-0.39, 0.29) is 11.9 Å². The summed E-state index contributed by atoms with van der Waals surface area (Å²) < 4.78 is 0. The van der Waals surface area contributed by atoms with Crippen molar-refractivity contribution in [2.75, 3.05) is 13.6 Å². The van der Waals surface area contributed by atoms with Gasteiger partial charge in [0.25, 0.3) is 0 Å². The van der Waals surface area contributed by atoms with E-state index in [9.17, 15) is 4.79 Å². The standard InChI is InChI=1S/C13H18N2O/c1-10(13(16)14-2)15-8-7-11-5-3-4-6-12(11)9-15/h3-6,10H,7-9H2,1-2H3,(H,14,16). The summed E-state index contributed by atoms with van der Waals surface area (Å²) in [5, 5.41) is 2.71. The van der Waals surface area contributed by atoms with Crippen molar-refractivity contribution in [1.82, 2.24) is 10.2 Å². The van der Waals surface area contributed by atoms with Gasteiger partial charge in [-0.1, -0.05) is 24.3 Å². The largest absolute Gasteiger partial charge is 0.358 e. The van der Waals surface area contributed by atoms with Crippen LogP contribution in [-0.4, -0.2) is 30.4 Å². The normalized spacial score (nSPS) is 17.6. The lowest BCUT2D eigenvalue weighted by molar-refractivity contribution is -0.125. The molecule has 0 aliphatic carbocycles. The molecule has 1 N–H and O–H groups in total. The van der Waals surface area contributed by atoms with E-state index < -0.39 is 0 Å². The topological polar surface area (TPSA) is 32.3 Å². The van der Waals surface area contributed by atoms with Crippen molar-refractivity contribution >= 4 is 5.91 Å². The van der Waals surface area contributed by atoms with E-state index in [2.05, 4.69) is 34.5 Å². The molecule has 3 nitrogen and oxygen atoms in total. The third kappa shape index (κ3) is 2.09. The first-order chi connectivity index (χ1) is 7.72. The number of nitrogens with zero attached hydrogens (tertiary/aromatic N) is 1. The minimum absolute atomic E-state index is 0.0432. The van der Waals surface area contributed by atoms with Gasteiger partial charge in [0.1, 0.15) is 0 Å². The molecule has 0 saturated heterocycles. The molecule has 1 amide bonds. The van der Waals surface area contributed by atoms with Gasteiger partial charge in [0, 0.05) is 20.1 Å². The lowest BCUT2D eigenvalue weighted by atomic mass is 9.99. The summed E-state index contributed by atoms with van der Waals surface area (Å²) >= 11 is 0. The van der Waals surface area contributed by atoms with Crippen LogP contribution in [0.4, 0.5) is 0 Å². The van der Waals surface area contributed by atoms with E-state index in [1.54, 1.807) is 7.05 Å². The minimum atomic E-state index is -0.0432. The molecular formula is C13H18N2O. The average molecular weight is 218 g/mol. The molecule has 0 saturated carbocycles. The van der Waals surface area contributed by atoms with E-state index in [4.69, 9.17) is 0 Å². The molecule has 3 heteroatoms. The van der Waals surface area contributed by atoms with Crippen molar-refractivity contribution in [3.8, 4) is 0 Å². The van der Waals surface area contributed by atoms with Crippen molar-refractivity contribution in [2.24, 2.45) is 0 Å². The molecule has 1 aromatic rings. The van der Waals surface area contributed by atoms with Gasteiger partial charge in [-0.2, -0.15) is 0 Å². The average Bonchev–Trinajstić information content (AvgIpc) is 2.36. The Labute approximate surface area is 96.5 Å². The van der Waals surface area contributed by atoms with Gasteiger partial charge in [-0.15, -0.1) is 0 Å². The second kappa shape index (κ2) is 4.66. The van der Waals surface area contributed by atoms with Crippen LogP contribution in [0, 0.1) is 0 Å². The zero-order valence-electron chi connectivity index (χ0n) is 9.86. The van der Waals surface area contributed by atoms with E-state index in [1.165, 1.54) is 11.1 Å². The summed E-state index contributed by atoms with van der Waals surface area (Å²) in [4.78, 5) is 13.8. The van der Waals surface area contributed by atoms with E-state index in [1.807, 2.05) is 6.92 Å². The fourth-order valence-corrected chi connectivity index (χ4v) is 2.22. The predicted octanol–water partition coefficient (Wildman–Crippen LogP) is 1.18. The highest BCUT2D eigenvalue weighted by Gasteiger charge is 2.24. The van der Waals surface area contributed by atoms with Gasteiger partial charge in [0.05, 0.1) is 6.04 Å². The summed E-state index contributed by atoms with van der Waals surface area (Å²) in [6, 6.07) is 8.43. The Morgan fingerprint density at radius 1 is 1.38 bits per heavy atom. The molecule has 1 unspecified atom stereocenters. The Morgan fingerprint density at radius 3 is 2.75 bits per heavy atom. The first-order valence-electron chi connectivity index (χ1n) is 5.75. The highest BCUT2D eigenvalue weighted by atomic mass is 16.2. The molecule has 1 aromatic carbocycles. The van der Waals surface area contributed by atoms with Gasteiger partial charge in [0.2, 0.25) is 5.91 Å². The Hall–Kier alpha value is -1.35. The molecular weight excluding hydrogens is 200 g/mol. The van der Waals surface area contributed by atoms with Crippen LogP contribution >= 0.6 is 0 Å². The van der Waals surface area contributed by atoms with Crippen molar-refractivity contribution < 1.29 is 4.79 Å². The molecule has 0 radical (unpaired) electrons. The van der Waals surface area contributed by atoms with Gasteiger partial charge in [-0.3, -0.25) is 9.69 Å². The molecule has 86 valence electrons. The molecule has 16 heavy (non-hydrogen) atoms. The molecule has 0 spiro atoms. The molecule has 1 heterocycles. The van der Waals surface area contributed by atoms with E-state index in [0.29, 0.717) is 0 Å². The number of carbonyl (C=O) groups is 1. The van der Waals surface area contributed by atoms with Crippen LogP contribution in [0.15, 0.2) is 24.3 Å². The summed E-state index contributed by atoms with van der Waals surface area (Å²) in [5.74, 6) is 0.0966. The first-order valence-corrected chi connectivity index (χ1v) is 5.75. The van der Waals surface area contributed by atoms with Crippen molar-refractivity contribution in [2.45, 2.75) is 25.9 Å². The van der Waals surface area contributed by atoms with Crippen LogP contribution in [0.3, 0.4) is 0 Å². The minimum Gasteiger partial charge on any atom is -0.358 e. The number of hydrogen-bond acceptors (Lipinski definition) is 2. The zero-order chi connectivity index (χ0) is 11.5. The van der Waals surface area contributed by atoms with Crippen LogP contribution < -0.4 is 5.32 Å². The molecule has 2 rings (SSSR count). The molecule has 1 aliphatic heterocycles.